The quantitative estimate of drug-likeness (QED) is 0.758. The zero-order valence-corrected chi connectivity index (χ0v) is 10.1. The second-order valence-electron chi connectivity index (χ2n) is 3.38. The van der Waals surface area contributed by atoms with E-state index in [0.29, 0.717) is 5.02 Å². The molecular formula is C11H16Cl2N2. The van der Waals surface area contributed by atoms with Crippen LogP contribution in [-0.2, 0) is 6.42 Å². The van der Waals surface area contributed by atoms with Crippen molar-refractivity contribution in [1.82, 2.24) is 5.32 Å². The smallest absolute Gasteiger partial charge is 0.0453 e. The summed E-state index contributed by atoms with van der Waals surface area (Å²) in [6, 6.07) is 5.61. The maximum absolute atomic E-state index is 6.04. The third-order valence-electron chi connectivity index (χ3n) is 2.14. The molecule has 0 saturated carbocycles. The first-order chi connectivity index (χ1) is 7.24. The van der Waals surface area contributed by atoms with Crippen molar-refractivity contribution in [1.29, 1.82) is 0 Å². The minimum Gasteiger partial charge on any atom is -0.330 e. The molecule has 0 bridgehead atoms. The van der Waals surface area contributed by atoms with E-state index in [1.807, 2.05) is 12.1 Å². The first-order valence-electron chi connectivity index (χ1n) is 5.08. The molecule has 84 valence electrons. The molecule has 0 aliphatic heterocycles. The van der Waals surface area contributed by atoms with Gasteiger partial charge in [0.15, 0.2) is 0 Å². The van der Waals surface area contributed by atoms with Crippen LogP contribution in [-0.4, -0.2) is 19.6 Å². The topological polar surface area (TPSA) is 38.0 Å². The average molecular weight is 247 g/mol. The number of hydrogen-bond acceptors (Lipinski definition) is 2. The van der Waals surface area contributed by atoms with Crippen LogP contribution >= 0.6 is 23.2 Å². The molecule has 0 atom stereocenters. The summed E-state index contributed by atoms with van der Waals surface area (Å²) >= 11 is 11.8. The monoisotopic (exact) mass is 246 g/mol. The number of halogens is 2. The van der Waals surface area contributed by atoms with Crippen molar-refractivity contribution < 1.29 is 0 Å². The highest BCUT2D eigenvalue weighted by Crippen LogP contribution is 2.20. The van der Waals surface area contributed by atoms with Gasteiger partial charge < -0.3 is 11.1 Å². The second-order valence-corrected chi connectivity index (χ2v) is 4.22. The molecule has 0 radical (unpaired) electrons. The lowest BCUT2D eigenvalue weighted by molar-refractivity contribution is 0.653. The van der Waals surface area contributed by atoms with Gasteiger partial charge >= 0.3 is 0 Å². The molecule has 1 rings (SSSR count). The Bertz CT molecular complexity index is 303. The van der Waals surface area contributed by atoms with Crippen molar-refractivity contribution in [2.24, 2.45) is 5.73 Å². The van der Waals surface area contributed by atoms with Gasteiger partial charge in [-0.1, -0.05) is 29.3 Å². The van der Waals surface area contributed by atoms with Gasteiger partial charge in [-0.2, -0.15) is 0 Å². The molecule has 0 aromatic heterocycles. The largest absolute Gasteiger partial charge is 0.330 e. The van der Waals surface area contributed by atoms with Crippen molar-refractivity contribution in [2.45, 2.75) is 12.8 Å². The molecule has 3 N–H and O–H groups in total. The molecule has 0 heterocycles. The van der Waals surface area contributed by atoms with Gasteiger partial charge in [-0.25, -0.2) is 0 Å². The third kappa shape index (κ3) is 4.85. The van der Waals surface area contributed by atoms with Crippen LogP contribution in [0, 0.1) is 0 Å². The Morgan fingerprint density at radius 3 is 2.67 bits per heavy atom. The van der Waals surface area contributed by atoms with E-state index in [9.17, 15) is 0 Å². The zero-order valence-electron chi connectivity index (χ0n) is 8.60. The Balaban J connectivity index is 2.31. The van der Waals surface area contributed by atoms with Gasteiger partial charge in [-0.3, -0.25) is 0 Å². The van der Waals surface area contributed by atoms with E-state index >= 15 is 0 Å². The average Bonchev–Trinajstić information content (AvgIpc) is 2.20. The molecule has 0 spiro atoms. The van der Waals surface area contributed by atoms with Gasteiger partial charge in [-0.05, 0) is 50.2 Å². The fourth-order valence-electron chi connectivity index (χ4n) is 1.30. The van der Waals surface area contributed by atoms with Crippen molar-refractivity contribution in [3.8, 4) is 0 Å². The van der Waals surface area contributed by atoms with Crippen molar-refractivity contribution in [2.75, 3.05) is 19.6 Å². The van der Waals surface area contributed by atoms with Crippen molar-refractivity contribution >= 4 is 23.2 Å². The van der Waals surface area contributed by atoms with Gasteiger partial charge in [0, 0.05) is 10.0 Å². The molecule has 1 aromatic rings. The summed E-state index contributed by atoms with van der Waals surface area (Å²) in [4.78, 5) is 0. The van der Waals surface area contributed by atoms with Gasteiger partial charge in [-0.15, -0.1) is 0 Å². The number of rotatable bonds is 6. The normalized spacial score (nSPS) is 10.6. The number of nitrogens with two attached hydrogens (primary N) is 1. The summed E-state index contributed by atoms with van der Waals surface area (Å²) in [6.45, 7) is 2.61. The standard InChI is InChI=1S/C11H16Cl2N2/c12-10-3-2-9(11(13)8-10)4-7-15-6-1-5-14/h2-3,8,15H,1,4-7,14H2. The van der Waals surface area contributed by atoms with E-state index in [1.165, 1.54) is 0 Å². The Hall–Kier alpha value is -0.280. The molecule has 0 aliphatic carbocycles. The minimum atomic E-state index is 0.680. The zero-order chi connectivity index (χ0) is 11.1. The molecular weight excluding hydrogens is 231 g/mol. The SMILES string of the molecule is NCCCNCCc1ccc(Cl)cc1Cl. The van der Waals surface area contributed by atoms with Crippen LogP contribution < -0.4 is 11.1 Å². The summed E-state index contributed by atoms with van der Waals surface area (Å²) in [5.41, 5.74) is 6.51. The highest BCUT2D eigenvalue weighted by molar-refractivity contribution is 6.35. The van der Waals surface area contributed by atoms with E-state index in [4.69, 9.17) is 28.9 Å². The predicted octanol–water partition coefficient (Wildman–Crippen LogP) is 2.47. The van der Waals surface area contributed by atoms with Gasteiger partial charge in [0.2, 0.25) is 0 Å². The summed E-state index contributed by atoms with van der Waals surface area (Å²) in [6.07, 6.45) is 1.93. The van der Waals surface area contributed by atoms with E-state index in [0.717, 1.165) is 43.1 Å². The maximum Gasteiger partial charge on any atom is 0.0453 e. The first kappa shape index (κ1) is 12.8. The van der Waals surface area contributed by atoms with Crippen LogP contribution in [0.1, 0.15) is 12.0 Å². The Kier molecular flexibility index (Phi) is 6.03. The molecule has 15 heavy (non-hydrogen) atoms. The lowest BCUT2D eigenvalue weighted by atomic mass is 10.1. The summed E-state index contributed by atoms with van der Waals surface area (Å²) < 4.78 is 0. The highest BCUT2D eigenvalue weighted by Gasteiger charge is 2.00. The third-order valence-corrected chi connectivity index (χ3v) is 2.73. The molecule has 0 aliphatic rings. The fourth-order valence-corrected chi connectivity index (χ4v) is 1.80. The molecule has 0 amide bonds. The number of hydrogen-bond donors (Lipinski definition) is 2. The van der Waals surface area contributed by atoms with Crippen LogP contribution in [0.2, 0.25) is 10.0 Å². The van der Waals surface area contributed by atoms with Gasteiger partial charge in [0.1, 0.15) is 0 Å². The lowest BCUT2D eigenvalue weighted by Gasteiger charge is -2.06. The Morgan fingerprint density at radius 1 is 1.20 bits per heavy atom. The number of nitrogens with one attached hydrogen (secondary N) is 1. The molecule has 2 nitrogen and oxygen atoms in total. The van der Waals surface area contributed by atoms with E-state index in [1.54, 1.807) is 6.07 Å². The van der Waals surface area contributed by atoms with Crippen LogP contribution in [0.5, 0.6) is 0 Å². The fraction of sp³-hybridized carbons (Fsp3) is 0.455. The predicted molar refractivity (Wildman–Crippen MR) is 66.7 cm³/mol. The second kappa shape index (κ2) is 7.07. The van der Waals surface area contributed by atoms with E-state index < -0.39 is 0 Å². The highest BCUT2D eigenvalue weighted by atomic mass is 35.5. The summed E-state index contributed by atoms with van der Waals surface area (Å²) in [5, 5.41) is 4.72. The van der Waals surface area contributed by atoms with Gasteiger partial charge in [0.25, 0.3) is 0 Å². The summed E-state index contributed by atoms with van der Waals surface area (Å²) in [5.74, 6) is 0. The van der Waals surface area contributed by atoms with Gasteiger partial charge in [0.05, 0.1) is 0 Å². The van der Waals surface area contributed by atoms with Crippen LogP contribution in [0.3, 0.4) is 0 Å². The summed E-state index contributed by atoms with van der Waals surface area (Å²) in [7, 11) is 0. The molecule has 4 heteroatoms. The Morgan fingerprint density at radius 2 is 2.00 bits per heavy atom. The lowest BCUT2D eigenvalue weighted by Crippen LogP contribution is -2.20. The number of benzene rings is 1. The van der Waals surface area contributed by atoms with Crippen molar-refractivity contribution in [3.63, 3.8) is 0 Å². The van der Waals surface area contributed by atoms with E-state index in [2.05, 4.69) is 5.32 Å². The molecule has 0 fully saturated rings. The van der Waals surface area contributed by atoms with E-state index in [-0.39, 0.29) is 0 Å². The van der Waals surface area contributed by atoms with Crippen LogP contribution in [0.15, 0.2) is 18.2 Å². The van der Waals surface area contributed by atoms with Crippen LogP contribution in [0.4, 0.5) is 0 Å². The minimum absolute atomic E-state index is 0.680. The van der Waals surface area contributed by atoms with Crippen molar-refractivity contribution in [3.05, 3.63) is 33.8 Å². The molecule has 0 saturated heterocycles. The molecule has 0 unspecified atom stereocenters. The first-order valence-corrected chi connectivity index (χ1v) is 5.84. The maximum atomic E-state index is 6.04. The Labute approximate surface area is 101 Å². The molecule has 1 aromatic carbocycles. The van der Waals surface area contributed by atoms with Crippen LogP contribution in [0.25, 0.3) is 0 Å².